The Hall–Kier alpha value is -1.75. The molecule has 0 aromatic heterocycles. The molecule has 0 radical (unpaired) electrons. The number of benzene rings is 1. The van der Waals surface area contributed by atoms with Crippen LogP contribution in [0.1, 0.15) is 6.92 Å². The van der Waals surface area contributed by atoms with Crippen molar-refractivity contribution in [1.29, 1.82) is 0 Å². The molecule has 5 heteroatoms. The molecule has 100 valence electrons. The molecule has 0 aliphatic heterocycles. The zero-order chi connectivity index (χ0) is 13.5. The normalized spacial score (nSPS) is 11.8. The van der Waals surface area contributed by atoms with Gasteiger partial charge in [0.15, 0.2) is 0 Å². The summed E-state index contributed by atoms with van der Waals surface area (Å²) < 4.78 is 5.54. The van der Waals surface area contributed by atoms with Gasteiger partial charge in [-0.15, -0.1) is 0 Å². The number of amides is 1. The predicted molar refractivity (Wildman–Crippen MR) is 72.9 cm³/mol. The highest BCUT2D eigenvalue weighted by Crippen LogP contribution is 2.18. The summed E-state index contributed by atoms with van der Waals surface area (Å²) >= 11 is 0. The molecule has 18 heavy (non-hydrogen) atoms. The van der Waals surface area contributed by atoms with Gasteiger partial charge in [0.1, 0.15) is 12.4 Å². The van der Waals surface area contributed by atoms with Gasteiger partial charge in [0, 0.05) is 25.8 Å². The lowest BCUT2D eigenvalue weighted by Crippen LogP contribution is -2.40. The molecule has 0 heterocycles. The molecule has 3 N–H and O–H groups in total. The van der Waals surface area contributed by atoms with Gasteiger partial charge in [-0.2, -0.15) is 0 Å². The first kappa shape index (κ1) is 14.3. The molecule has 1 amide bonds. The number of anilines is 1. The van der Waals surface area contributed by atoms with Gasteiger partial charge >= 0.3 is 0 Å². The van der Waals surface area contributed by atoms with Crippen LogP contribution in [0.25, 0.3) is 0 Å². The minimum absolute atomic E-state index is 0.166. The smallest absolute Gasteiger partial charge is 0.236 e. The largest absolute Gasteiger partial charge is 0.492 e. The topological polar surface area (TPSA) is 67.6 Å². The van der Waals surface area contributed by atoms with E-state index in [0.717, 1.165) is 11.4 Å². The van der Waals surface area contributed by atoms with Crippen LogP contribution in [0.15, 0.2) is 24.3 Å². The second-order valence-electron chi connectivity index (χ2n) is 4.32. The highest BCUT2D eigenvalue weighted by atomic mass is 16.5. The summed E-state index contributed by atoms with van der Waals surface area (Å²) in [5, 5.41) is 2.69. The molecule has 5 nitrogen and oxygen atoms in total. The molecule has 1 aromatic rings. The summed E-state index contributed by atoms with van der Waals surface area (Å²) in [6.07, 6.45) is 0. The zero-order valence-electron chi connectivity index (χ0n) is 11.1. The van der Waals surface area contributed by atoms with Crippen LogP contribution in [0, 0.1) is 0 Å². The third kappa shape index (κ3) is 4.63. The molecular formula is C13H21N3O2. The molecular weight excluding hydrogens is 230 g/mol. The van der Waals surface area contributed by atoms with Crippen LogP contribution in [0.5, 0.6) is 5.75 Å². The van der Waals surface area contributed by atoms with Crippen LogP contribution in [0.2, 0.25) is 0 Å². The van der Waals surface area contributed by atoms with E-state index in [2.05, 4.69) is 5.32 Å². The van der Waals surface area contributed by atoms with Crippen LogP contribution in [0.4, 0.5) is 5.69 Å². The lowest BCUT2D eigenvalue weighted by molar-refractivity contribution is -0.122. The monoisotopic (exact) mass is 251 g/mol. The number of carbonyl (C=O) groups is 1. The SMILES string of the molecule is CC(N)C(=O)NCCOc1cccc(N(C)C)c1. The zero-order valence-corrected chi connectivity index (χ0v) is 11.1. The summed E-state index contributed by atoms with van der Waals surface area (Å²) in [5.41, 5.74) is 6.50. The van der Waals surface area contributed by atoms with E-state index in [1.54, 1.807) is 6.92 Å². The van der Waals surface area contributed by atoms with Crippen molar-refractivity contribution in [2.45, 2.75) is 13.0 Å². The number of nitrogens with two attached hydrogens (primary N) is 1. The minimum Gasteiger partial charge on any atom is -0.492 e. The Labute approximate surface area is 108 Å². The van der Waals surface area contributed by atoms with Crippen LogP contribution in [0.3, 0.4) is 0 Å². The summed E-state index contributed by atoms with van der Waals surface area (Å²) in [6, 6.07) is 7.30. The number of ether oxygens (including phenoxy) is 1. The summed E-state index contributed by atoms with van der Waals surface area (Å²) in [6.45, 7) is 2.53. The number of rotatable bonds is 6. The Kier molecular flexibility index (Phi) is 5.45. The fourth-order valence-corrected chi connectivity index (χ4v) is 1.36. The Balaban J connectivity index is 2.35. The maximum atomic E-state index is 11.2. The number of nitrogens with zero attached hydrogens (tertiary/aromatic N) is 1. The van der Waals surface area contributed by atoms with Crippen molar-refractivity contribution in [3.05, 3.63) is 24.3 Å². The van der Waals surface area contributed by atoms with E-state index in [0.29, 0.717) is 13.2 Å². The maximum Gasteiger partial charge on any atom is 0.236 e. The third-order valence-corrected chi connectivity index (χ3v) is 2.42. The van der Waals surface area contributed by atoms with Crippen molar-refractivity contribution in [2.75, 3.05) is 32.1 Å². The molecule has 1 aromatic carbocycles. The third-order valence-electron chi connectivity index (χ3n) is 2.42. The number of carbonyl (C=O) groups excluding carboxylic acids is 1. The lowest BCUT2D eigenvalue weighted by atomic mass is 10.3. The fourth-order valence-electron chi connectivity index (χ4n) is 1.36. The van der Waals surface area contributed by atoms with E-state index >= 15 is 0 Å². The first-order valence-corrected chi connectivity index (χ1v) is 5.94. The number of hydrogen-bond acceptors (Lipinski definition) is 4. The van der Waals surface area contributed by atoms with E-state index in [4.69, 9.17) is 10.5 Å². The highest BCUT2D eigenvalue weighted by Gasteiger charge is 2.05. The van der Waals surface area contributed by atoms with Gasteiger partial charge in [-0.3, -0.25) is 4.79 Å². The molecule has 0 aliphatic carbocycles. The van der Waals surface area contributed by atoms with Gasteiger partial charge in [-0.25, -0.2) is 0 Å². The van der Waals surface area contributed by atoms with Crippen molar-refractivity contribution in [2.24, 2.45) is 5.73 Å². The molecule has 0 fully saturated rings. The Morgan fingerprint density at radius 1 is 1.50 bits per heavy atom. The van der Waals surface area contributed by atoms with Crippen LogP contribution in [-0.2, 0) is 4.79 Å². The Morgan fingerprint density at radius 2 is 2.22 bits per heavy atom. The van der Waals surface area contributed by atoms with Gasteiger partial charge in [0.2, 0.25) is 5.91 Å². The second-order valence-corrected chi connectivity index (χ2v) is 4.32. The molecule has 1 unspecified atom stereocenters. The summed E-state index contributed by atoms with van der Waals surface area (Å²) in [5.74, 6) is 0.622. The number of hydrogen-bond donors (Lipinski definition) is 2. The molecule has 0 saturated heterocycles. The minimum atomic E-state index is -0.484. The average molecular weight is 251 g/mol. The number of nitrogens with one attached hydrogen (secondary N) is 1. The molecule has 0 saturated carbocycles. The van der Waals surface area contributed by atoms with Gasteiger partial charge < -0.3 is 20.7 Å². The molecule has 1 rings (SSSR count). The maximum absolute atomic E-state index is 11.2. The predicted octanol–water partition coefficient (Wildman–Crippen LogP) is 0.595. The van der Waals surface area contributed by atoms with Crippen molar-refractivity contribution in [3.8, 4) is 5.75 Å². The second kappa shape index (κ2) is 6.86. The lowest BCUT2D eigenvalue weighted by Gasteiger charge is -2.14. The van der Waals surface area contributed by atoms with Gasteiger partial charge in [0.05, 0.1) is 12.6 Å². The average Bonchev–Trinajstić information content (AvgIpc) is 2.34. The van der Waals surface area contributed by atoms with Crippen molar-refractivity contribution in [1.82, 2.24) is 5.32 Å². The highest BCUT2D eigenvalue weighted by molar-refractivity contribution is 5.80. The quantitative estimate of drug-likeness (QED) is 0.726. The van der Waals surface area contributed by atoms with Crippen molar-refractivity contribution < 1.29 is 9.53 Å². The van der Waals surface area contributed by atoms with E-state index in [9.17, 15) is 4.79 Å². The van der Waals surface area contributed by atoms with Gasteiger partial charge in [0.25, 0.3) is 0 Å². The van der Waals surface area contributed by atoms with Gasteiger partial charge in [-0.05, 0) is 19.1 Å². The van der Waals surface area contributed by atoms with Crippen LogP contribution >= 0.6 is 0 Å². The van der Waals surface area contributed by atoms with Crippen molar-refractivity contribution >= 4 is 11.6 Å². The van der Waals surface area contributed by atoms with E-state index < -0.39 is 6.04 Å². The fraction of sp³-hybridized carbons (Fsp3) is 0.462. The van der Waals surface area contributed by atoms with Crippen molar-refractivity contribution in [3.63, 3.8) is 0 Å². The first-order valence-electron chi connectivity index (χ1n) is 5.94. The molecule has 0 bridgehead atoms. The van der Waals surface area contributed by atoms with E-state index in [1.165, 1.54) is 0 Å². The molecule has 0 spiro atoms. The van der Waals surface area contributed by atoms with E-state index in [-0.39, 0.29) is 5.91 Å². The Bertz CT molecular complexity index is 392. The van der Waals surface area contributed by atoms with Crippen LogP contribution in [-0.4, -0.2) is 39.2 Å². The molecule has 1 atom stereocenters. The van der Waals surface area contributed by atoms with Crippen LogP contribution < -0.4 is 20.7 Å². The standard InChI is InChI=1S/C13H21N3O2/c1-10(14)13(17)15-7-8-18-12-6-4-5-11(9-12)16(2)3/h4-6,9-10H,7-8,14H2,1-3H3,(H,15,17). The molecule has 0 aliphatic rings. The summed E-state index contributed by atoms with van der Waals surface area (Å²) in [4.78, 5) is 13.2. The Morgan fingerprint density at radius 3 is 2.83 bits per heavy atom. The van der Waals surface area contributed by atoms with E-state index in [1.807, 2.05) is 43.3 Å². The van der Waals surface area contributed by atoms with Gasteiger partial charge in [-0.1, -0.05) is 6.07 Å². The first-order chi connectivity index (χ1) is 8.50. The summed E-state index contributed by atoms with van der Waals surface area (Å²) in [7, 11) is 3.95.